The second kappa shape index (κ2) is 11.3. The molecule has 0 fully saturated rings. The minimum absolute atomic E-state index is 0.681. The van der Waals surface area contributed by atoms with Crippen molar-refractivity contribution in [1.29, 1.82) is 0 Å². The number of hydrogen-bond donors (Lipinski definition) is 0. The first-order valence-corrected chi connectivity index (χ1v) is 14.7. The normalized spacial score (nSPS) is 11.5. The smallest absolute Gasteiger partial charge is 0.205 e. The summed E-state index contributed by atoms with van der Waals surface area (Å²) in [6, 6.07) is 31.5. The molecular formula is C37H34N6. The number of nitrogens with zero attached hydrogens (tertiary/aromatic N) is 6. The average Bonchev–Trinajstić information content (AvgIpc) is 3.56. The van der Waals surface area contributed by atoms with Crippen molar-refractivity contribution >= 4 is 22.1 Å². The Morgan fingerprint density at radius 2 is 1.12 bits per heavy atom. The molecule has 0 unspecified atom stereocenters. The van der Waals surface area contributed by atoms with E-state index < -0.39 is 0 Å². The maximum absolute atomic E-state index is 4.55. The van der Waals surface area contributed by atoms with Gasteiger partial charge in [-0.2, -0.15) is 0 Å². The lowest BCUT2D eigenvalue weighted by Gasteiger charge is -2.18. The SMILES string of the molecule is Cc1cc(C)c(C[n+]2[c-]n(Cc3ccccn3)c3ccccc32)c(C)c1Cn1[c-][n+](Cc2ccccn2)c2ccccc21. The topological polar surface area (TPSA) is 43.4 Å². The zero-order valence-corrected chi connectivity index (χ0v) is 24.8. The van der Waals surface area contributed by atoms with E-state index in [2.05, 4.69) is 128 Å². The van der Waals surface area contributed by atoms with Crippen LogP contribution in [0, 0.1) is 33.4 Å². The van der Waals surface area contributed by atoms with Crippen molar-refractivity contribution in [2.45, 2.75) is 47.0 Å². The number of hydrogen-bond acceptors (Lipinski definition) is 2. The molecule has 0 atom stereocenters. The number of aromatic nitrogens is 6. The molecule has 0 aliphatic carbocycles. The van der Waals surface area contributed by atoms with E-state index in [4.69, 9.17) is 0 Å². The molecule has 3 aromatic carbocycles. The molecule has 0 saturated carbocycles. The highest BCUT2D eigenvalue weighted by molar-refractivity contribution is 5.72. The largest absolute Gasteiger partial charge is 0.340 e. The van der Waals surface area contributed by atoms with Crippen molar-refractivity contribution in [3.05, 3.63) is 155 Å². The highest BCUT2D eigenvalue weighted by atomic mass is 15.1. The monoisotopic (exact) mass is 562 g/mol. The van der Waals surface area contributed by atoms with Gasteiger partial charge < -0.3 is 18.3 Å². The minimum Gasteiger partial charge on any atom is -0.340 e. The predicted molar refractivity (Wildman–Crippen MR) is 167 cm³/mol. The van der Waals surface area contributed by atoms with Crippen LogP contribution in [-0.2, 0) is 26.2 Å². The fourth-order valence-corrected chi connectivity index (χ4v) is 6.21. The van der Waals surface area contributed by atoms with E-state index in [-0.39, 0.29) is 0 Å². The zero-order chi connectivity index (χ0) is 29.3. The van der Waals surface area contributed by atoms with Gasteiger partial charge in [0, 0.05) is 34.5 Å². The molecule has 0 aliphatic heterocycles. The van der Waals surface area contributed by atoms with Crippen LogP contribution in [-0.4, -0.2) is 19.1 Å². The first kappa shape index (κ1) is 26.8. The Morgan fingerprint density at radius 1 is 0.581 bits per heavy atom. The second-order valence-corrected chi connectivity index (χ2v) is 11.3. The summed E-state index contributed by atoms with van der Waals surface area (Å²) in [7, 11) is 0. The van der Waals surface area contributed by atoms with Crippen LogP contribution in [0.4, 0.5) is 0 Å². The Balaban J connectivity index is 1.25. The lowest BCUT2D eigenvalue weighted by molar-refractivity contribution is -0.668. The maximum Gasteiger partial charge on any atom is 0.205 e. The van der Waals surface area contributed by atoms with Crippen molar-refractivity contribution in [2.75, 3.05) is 0 Å². The molecule has 0 amide bonds. The standard InChI is InChI=1S/C37H34N6/c1-27-20-28(2)33(24-43-26-41(22-31-13-9-11-19-39-31)35-15-5-7-17-37(35)43)29(3)32(27)23-42-25-40(21-30-12-8-10-18-38-30)34-14-4-6-16-36(34)42/h4-20H,21-24H2,1-3H3. The first-order chi connectivity index (χ1) is 21.0. The molecule has 0 bridgehead atoms. The van der Waals surface area contributed by atoms with Gasteiger partial charge in [0.15, 0.2) is 0 Å². The molecule has 0 N–H and O–H groups in total. The summed E-state index contributed by atoms with van der Waals surface area (Å²) < 4.78 is 8.87. The van der Waals surface area contributed by atoms with Crippen LogP contribution in [0.25, 0.3) is 22.1 Å². The molecule has 0 aliphatic rings. The van der Waals surface area contributed by atoms with E-state index in [0.29, 0.717) is 13.1 Å². The van der Waals surface area contributed by atoms with Gasteiger partial charge in [-0.1, -0.05) is 66.7 Å². The van der Waals surface area contributed by atoms with Gasteiger partial charge >= 0.3 is 0 Å². The number of benzene rings is 3. The molecule has 4 heterocycles. The fraction of sp³-hybridized carbons (Fsp3) is 0.189. The molecule has 0 spiro atoms. The van der Waals surface area contributed by atoms with Gasteiger partial charge in [0.05, 0.1) is 24.5 Å². The molecule has 0 radical (unpaired) electrons. The van der Waals surface area contributed by atoms with E-state index in [0.717, 1.165) is 35.5 Å². The van der Waals surface area contributed by atoms with Gasteiger partial charge in [0.1, 0.15) is 13.1 Å². The Kier molecular flexibility index (Phi) is 7.03. The highest BCUT2D eigenvalue weighted by Crippen LogP contribution is 2.25. The second-order valence-electron chi connectivity index (χ2n) is 11.3. The van der Waals surface area contributed by atoms with Gasteiger partial charge in [0.2, 0.25) is 12.7 Å². The Bertz CT molecular complexity index is 1910. The van der Waals surface area contributed by atoms with Gasteiger partial charge in [0.25, 0.3) is 0 Å². The maximum atomic E-state index is 4.55. The van der Waals surface area contributed by atoms with Gasteiger partial charge in [-0.05, 0) is 72.9 Å². The van der Waals surface area contributed by atoms with E-state index >= 15 is 0 Å². The summed E-state index contributed by atoms with van der Waals surface area (Å²) in [5.41, 5.74) is 13.3. The lowest BCUT2D eigenvalue weighted by atomic mass is 9.93. The van der Waals surface area contributed by atoms with Crippen molar-refractivity contribution in [2.24, 2.45) is 0 Å². The third-order valence-corrected chi connectivity index (χ3v) is 8.42. The van der Waals surface area contributed by atoms with E-state index in [9.17, 15) is 0 Å². The summed E-state index contributed by atoms with van der Waals surface area (Å²) in [6.07, 6.45) is 11.0. The number of imidazole rings is 2. The molecule has 43 heavy (non-hydrogen) atoms. The Labute approximate surface area is 252 Å². The quantitative estimate of drug-likeness (QED) is 0.177. The number of pyridine rings is 2. The number of rotatable bonds is 8. The molecule has 7 rings (SSSR count). The Hall–Kier alpha value is -5.10. The third-order valence-electron chi connectivity index (χ3n) is 8.42. The molecule has 6 heteroatoms. The zero-order valence-electron chi connectivity index (χ0n) is 24.8. The van der Waals surface area contributed by atoms with E-state index in [1.54, 1.807) is 0 Å². The number of para-hydroxylation sites is 4. The lowest BCUT2D eigenvalue weighted by Crippen LogP contribution is -2.34. The molecule has 212 valence electrons. The number of aryl methyl sites for hydroxylation is 2. The van der Waals surface area contributed by atoms with E-state index in [1.165, 1.54) is 38.9 Å². The highest BCUT2D eigenvalue weighted by Gasteiger charge is 2.17. The predicted octanol–water partition coefficient (Wildman–Crippen LogP) is 5.68. The summed E-state index contributed by atoms with van der Waals surface area (Å²) in [4.78, 5) is 9.10. The molecule has 7 aromatic rings. The van der Waals surface area contributed by atoms with Crippen molar-refractivity contribution in [1.82, 2.24) is 19.1 Å². The minimum atomic E-state index is 0.681. The summed E-state index contributed by atoms with van der Waals surface area (Å²) in [6.45, 7) is 9.58. The summed E-state index contributed by atoms with van der Waals surface area (Å²) in [5.74, 6) is 0. The van der Waals surface area contributed by atoms with Crippen LogP contribution in [0.15, 0.2) is 103 Å². The molecule has 0 saturated heterocycles. The van der Waals surface area contributed by atoms with Crippen molar-refractivity contribution < 1.29 is 9.13 Å². The van der Waals surface area contributed by atoms with Crippen LogP contribution >= 0.6 is 0 Å². The van der Waals surface area contributed by atoms with Crippen LogP contribution in [0.2, 0.25) is 0 Å². The van der Waals surface area contributed by atoms with Crippen LogP contribution < -0.4 is 9.13 Å². The average molecular weight is 563 g/mol. The van der Waals surface area contributed by atoms with Crippen molar-refractivity contribution in [3.8, 4) is 0 Å². The summed E-state index contributed by atoms with van der Waals surface area (Å²) >= 11 is 0. The van der Waals surface area contributed by atoms with Gasteiger partial charge in [-0.25, -0.2) is 0 Å². The fourth-order valence-electron chi connectivity index (χ4n) is 6.21. The van der Waals surface area contributed by atoms with E-state index in [1.807, 2.05) is 36.7 Å². The third kappa shape index (κ3) is 5.21. The molecular weight excluding hydrogens is 528 g/mol. The number of fused-ring (bicyclic) bond motifs is 2. The molecule has 6 nitrogen and oxygen atoms in total. The van der Waals surface area contributed by atoms with Gasteiger partial charge in [-0.15, -0.1) is 0 Å². The van der Waals surface area contributed by atoms with Crippen LogP contribution in [0.3, 0.4) is 0 Å². The molecule has 4 aromatic heterocycles. The van der Waals surface area contributed by atoms with Crippen molar-refractivity contribution in [3.63, 3.8) is 0 Å². The first-order valence-electron chi connectivity index (χ1n) is 14.7. The van der Waals surface area contributed by atoms with Crippen LogP contribution in [0.5, 0.6) is 0 Å². The summed E-state index contributed by atoms with van der Waals surface area (Å²) in [5, 5.41) is 0. The van der Waals surface area contributed by atoms with Crippen LogP contribution in [0.1, 0.15) is 39.2 Å². The Morgan fingerprint density at radius 3 is 1.74 bits per heavy atom. The van der Waals surface area contributed by atoms with Gasteiger partial charge in [-0.3, -0.25) is 9.97 Å².